The Labute approximate surface area is 158 Å². The van der Waals surface area contributed by atoms with Crippen LogP contribution in [0.25, 0.3) is 6.08 Å². The summed E-state index contributed by atoms with van der Waals surface area (Å²) in [5, 5.41) is 3.24. The smallest absolute Gasteiger partial charge is 0.248 e. The van der Waals surface area contributed by atoms with Crippen LogP contribution in [0.1, 0.15) is 12.5 Å². The van der Waals surface area contributed by atoms with Gasteiger partial charge in [-0.1, -0.05) is 11.6 Å². The van der Waals surface area contributed by atoms with Gasteiger partial charge in [0.15, 0.2) is 17.3 Å². The Hall–Kier alpha value is -2.73. The van der Waals surface area contributed by atoms with E-state index in [4.69, 9.17) is 21.1 Å². The summed E-state index contributed by atoms with van der Waals surface area (Å²) in [5.74, 6) is 1.41. The number of hydrogen-bond acceptors (Lipinski definition) is 5. The third-order valence-electron chi connectivity index (χ3n) is 3.43. The maximum absolute atomic E-state index is 12.2. The van der Waals surface area contributed by atoms with Gasteiger partial charge in [-0.05, 0) is 42.8 Å². The molecule has 1 heterocycles. The van der Waals surface area contributed by atoms with Gasteiger partial charge in [0.25, 0.3) is 0 Å². The van der Waals surface area contributed by atoms with Crippen molar-refractivity contribution in [2.75, 3.05) is 38.0 Å². The van der Waals surface area contributed by atoms with Crippen LogP contribution in [0.5, 0.6) is 11.5 Å². The second-order valence-corrected chi connectivity index (χ2v) is 5.97. The van der Waals surface area contributed by atoms with Gasteiger partial charge in [-0.3, -0.25) is 4.79 Å². The van der Waals surface area contributed by atoms with Gasteiger partial charge in [0.2, 0.25) is 5.91 Å². The maximum Gasteiger partial charge on any atom is 0.248 e. The molecule has 0 spiro atoms. The molecule has 0 radical (unpaired) electrons. The fourth-order valence-corrected chi connectivity index (χ4v) is 2.64. The molecule has 1 amide bonds. The average Bonchev–Trinajstić information content (AvgIpc) is 2.60. The number of halogens is 1. The maximum atomic E-state index is 12.2. The minimum Gasteiger partial charge on any atom is -0.491 e. The van der Waals surface area contributed by atoms with E-state index in [1.807, 2.05) is 25.9 Å². The molecule has 2 rings (SSSR count). The van der Waals surface area contributed by atoms with Crippen LogP contribution >= 0.6 is 11.6 Å². The SMILES string of the molecule is CCOc1cc(/C=C/C(=O)Nc2cccnc2N(C)C)cc(Cl)c1OC. The number of nitrogens with one attached hydrogen (secondary N) is 1. The molecule has 0 aliphatic heterocycles. The van der Waals surface area contributed by atoms with Crippen LogP contribution in [0.3, 0.4) is 0 Å². The second-order valence-electron chi connectivity index (χ2n) is 5.56. The number of carbonyl (C=O) groups is 1. The molecule has 138 valence electrons. The highest BCUT2D eigenvalue weighted by atomic mass is 35.5. The van der Waals surface area contributed by atoms with E-state index in [-0.39, 0.29) is 5.91 Å². The van der Waals surface area contributed by atoms with Crippen LogP contribution in [0.15, 0.2) is 36.5 Å². The summed E-state index contributed by atoms with van der Waals surface area (Å²) in [6.07, 6.45) is 4.77. The molecule has 0 bridgehead atoms. The summed E-state index contributed by atoms with van der Waals surface area (Å²) in [6, 6.07) is 7.05. The molecule has 0 saturated heterocycles. The van der Waals surface area contributed by atoms with Crippen molar-refractivity contribution in [2.45, 2.75) is 6.92 Å². The largest absolute Gasteiger partial charge is 0.491 e. The Balaban J connectivity index is 2.18. The number of rotatable bonds is 7. The predicted molar refractivity (Wildman–Crippen MR) is 105 cm³/mol. The highest BCUT2D eigenvalue weighted by molar-refractivity contribution is 6.32. The van der Waals surface area contributed by atoms with Gasteiger partial charge in [-0.25, -0.2) is 4.98 Å². The van der Waals surface area contributed by atoms with Crippen LogP contribution in [0.2, 0.25) is 5.02 Å². The third kappa shape index (κ3) is 4.89. The zero-order valence-electron chi connectivity index (χ0n) is 15.2. The lowest BCUT2D eigenvalue weighted by Gasteiger charge is -2.15. The molecule has 2 aromatic rings. The lowest BCUT2D eigenvalue weighted by molar-refractivity contribution is -0.111. The first-order chi connectivity index (χ1) is 12.5. The Kier molecular flexibility index (Phi) is 6.86. The topological polar surface area (TPSA) is 63.7 Å². The first-order valence-corrected chi connectivity index (χ1v) is 8.45. The number of carbonyl (C=O) groups excluding carboxylic acids is 1. The lowest BCUT2D eigenvalue weighted by Crippen LogP contribution is -2.16. The number of aromatic nitrogens is 1. The first-order valence-electron chi connectivity index (χ1n) is 8.08. The molecule has 0 saturated carbocycles. The van der Waals surface area contributed by atoms with E-state index in [1.165, 1.54) is 13.2 Å². The standard InChI is InChI=1S/C19H22ClN3O3/c1-5-26-16-12-13(11-14(20)18(16)25-4)8-9-17(24)22-15-7-6-10-21-19(15)23(2)3/h6-12H,5H2,1-4H3,(H,22,24)/b9-8+. The molecule has 7 heteroatoms. The Morgan fingerprint density at radius 1 is 1.38 bits per heavy atom. The summed E-state index contributed by atoms with van der Waals surface area (Å²) in [5.41, 5.74) is 1.36. The van der Waals surface area contributed by atoms with Crippen molar-refractivity contribution in [2.24, 2.45) is 0 Å². The van der Waals surface area contributed by atoms with Gasteiger partial charge in [0, 0.05) is 26.4 Å². The average molecular weight is 376 g/mol. The fraction of sp³-hybridized carbons (Fsp3) is 0.263. The van der Waals surface area contributed by atoms with Gasteiger partial charge >= 0.3 is 0 Å². The number of benzene rings is 1. The van der Waals surface area contributed by atoms with Crippen molar-refractivity contribution in [3.63, 3.8) is 0 Å². The second kappa shape index (κ2) is 9.10. The van der Waals surface area contributed by atoms with E-state index in [0.29, 0.717) is 34.6 Å². The highest BCUT2D eigenvalue weighted by Crippen LogP contribution is 2.36. The Morgan fingerprint density at radius 3 is 2.81 bits per heavy atom. The van der Waals surface area contributed by atoms with Crippen molar-refractivity contribution < 1.29 is 14.3 Å². The lowest BCUT2D eigenvalue weighted by atomic mass is 10.2. The number of pyridine rings is 1. The number of nitrogens with zero attached hydrogens (tertiary/aromatic N) is 2. The van der Waals surface area contributed by atoms with Crippen LogP contribution < -0.4 is 19.7 Å². The monoisotopic (exact) mass is 375 g/mol. The van der Waals surface area contributed by atoms with E-state index in [1.54, 1.807) is 36.5 Å². The van der Waals surface area contributed by atoms with Gasteiger partial charge in [-0.15, -0.1) is 0 Å². The van der Waals surface area contributed by atoms with E-state index in [9.17, 15) is 4.79 Å². The normalized spacial score (nSPS) is 10.7. The number of anilines is 2. The quantitative estimate of drug-likeness (QED) is 0.744. The van der Waals surface area contributed by atoms with Gasteiger partial charge in [0.05, 0.1) is 24.4 Å². The summed E-state index contributed by atoms with van der Waals surface area (Å²) in [6.45, 7) is 2.36. The van der Waals surface area contributed by atoms with Gasteiger partial charge in [-0.2, -0.15) is 0 Å². The molecule has 26 heavy (non-hydrogen) atoms. The third-order valence-corrected chi connectivity index (χ3v) is 3.71. The zero-order chi connectivity index (χ0) is 19.1. The minimum atomic E-state index is -0.272. The van der Waals surface area contributed by atoms with Crippen molar-refractivity contribution in [3.8, 4) is 11.5 Å². The minimum absolute atomic E-state index is 0.272. The zero-order valence-corrected chi connectivity index (χ0v) is 16.0. The number of methoxy groups -OCH3 is 1. The van der Waals surface area contributed by atoms with E-state index < -0.39 is 0 Å². The van der Waals surface area contributed by atoms with Crippen LogP contribution in [0.4, 0.5) is 11.5 Å². The summed E-state index contributed by atoms with van der Waals surface area (Å²) in [4.78, 5) is 18.3. The van der Waals surface area contributed by atoms with Crippen LogP contribution in [-0.2, 0) is 4.79 Å². The molecule has 0 aliphatic carbocycles. The molecule has 1 N–H and O–H groups in total. The molecule has 0 atom stereocenters. The van der Waals surface area contributed by atoms with E-state index >= 15 is 0 Å². The van der Waals surface area contributed by atoms with E-state index in [2.05, 4.69) is 10.3 Å². The van der Waals surface area contributed by atoms with Crippen LogP contribution in [0, 0.1) is 0 Å². The first kappa shape index (κ1) is 19.6. The van der Waals surface area contributed by atoms with Crippen molar-refractivity contribution in [3.05, 3.63) is 47.1 Å². The number of ether oxygens (including phenoxy) is 2. The van der Waals surface area contributed by atoms with Crippen molar-refractivity contribution in [1.82, 2.24) is 4.98 Å². The molecule has 1 aromatic carbocycles. The summed E-state index contributed by atoms with van der Waals surface area (Å²) < 4.78 is 10.8. The van der Waals surface area contributed by atoms with Gasteiger partial charge in [0.1, 0.15) is 0 Å². The number of amides is 1. The summed E-state index contributed by atoms with van der Waals surface area (Å²) in [7, 11) is 5.26. The molecular weight excluding hydrogens is 354 g/mol. The van der Waals surface area contributed by atoms with E-state index in [0.717, 1.165) is 5.56 Å². The molecule has 1 aromatic heterocycles. The molecule has 6 nitrogen and oxygen atoms in total. The van der Waals surface area contributed by atoms with Crippen molar-refractivity contribution >= 4 is 35.1 Å². The fourth-order valence-electron chi connectivity index (χ4n) is 2.34. The molecular formula is C19H22ClN3O3. The molecule has 0 aliphatic rings. The Bertz CT molecular complexity index is 807. The Morgan fingerprint density at radius 2 is 2.15 bits per heavy atom. The van der Waals surface area contributed by atoms with Crippen LogP contribution in [-0.4, -0.2) is 38.7 Å². The highest BCUT2D eigenvalue weighted by Gasteiger charge is 2.11. The number of hydrogen-bond donors (Lipinski definition) is 1. The van der Waals surface area contributed by atoms with Crippen molar-refractivity contribution in [1.29, 1.82) is 0 Å². The predicted octanol–water partition coefficient (Wildman–Crippen LogP) is 3.86. The van der Waals surface area contributed by atoms with Gasteiger partial charge < -0.3 is 19.7 Å². The molecule has 0 fully saturated rings. The molecule has 0 unspecified atom stereocenters. The summed E-state index contributed by atoms with van der Waals surface area (Å²) >= 11 is 6.22.